The van der Waals surface area contributed by atoms with Crippen molar-refractivity contribution in [2.45, 2.75) is 24.3 Å². The molecular weight excluding hydrogens is 362 g/mol. The van der Waals surface area contributed by atoms with Gasteiger partial charge < -0.3 is 9.64 Å². The minimum atomic E-state index is 0.175. The van der Waals surface area contributed by atoms with Gasteiger partial charge in [-0.15, -0.1) is 0 Å². The highest BCUT2D eigenvalue weighted by molar-refractivity contribution is 8.00. The van der Waals surface area contributed by atoms with Crippen LogP contribution in [0.1, 0.15) is 19.3 Å². The number of thioether (sulfide) groups is 1. The van der Waals surface area contributed by atoms with Crippen molar-refractivity contribution in [3.63, 3.8) is 0 Å². The Labute approximate surface area is 161 Å². The molecule has 0 aliphatic carbocycles. The summed E-state index contributed by atoms with van der Waals surface area (Å²) in [5.41, 5.74) is 1.62. The molecule has 1 aliphatic rings. The van der Waals surface area contributed by atoms with Crippen LogP contribution in [0.2, 0.25) is 0 Å². The van der Waals surface area contributed by atoms with E-state index in [1.54, 1.807) is 18.0 Å². The molecule has 0 radical (unpaired) electrons. The molecule has 0 atom stereocenters. The molecule has 4 rings (SSSR count). The standard InChI is InChI=1S/C19H21N5O2S/c1-26-15-7-5-14(6-8-15)24-18-16(11-22-24)19(21-13-20-18)27-12-17(25)23-9-3-2-4-10-23/h5-8,11,13H,2-4,9-10,12H2,1H3. The van der Waals surface area contributed by atoms with Crippen molar-refractivity contribution in [1.29, 1.82) is 0 Å². The normalized spacial score (nSPS) is 14.5. The van der Waals surface area contributed by atoms with Gasteiger partial charge in [0.05, 0.1) is 30.1 Å². The fourth-order valence-corrected chi connectivity index (χ4v) is 4.08. The summed E-state index contributed by atoms with van der Waals surface area (Å²) in [4.78, 5) is 23.1. The molecule has 140 valence electrons. The number of carbonyl (C=O) groups excluding carboxylic acids is 1. The number of ether oxygens (including phenoxy) is 1. The Bertz CT molecular complexity index is 935. The lowest BCUT2D eigenvalue weighted by atomic mass is 10.1. The molecule has 8 heteroatoms. The van der Waals surface area contributed by atoms with Crippen LogP contribution in [-0.2, 0) is 4.79 Å². The molecule has 2 aromatic heterocycles. The molecule has 0 unspecified atom stereocenters. The van der Waals surface area contributed by atoms with E-state index in [1.165, 1.54) is 24.5 Å². The molecule has 0 bridgehead atoms. The largest absolute Gasteiger partial charge is 0.497 e. The van der Waals surface area contributed by atoms with E-state index in [-0.39, 0.29) is 5.91 Å². The highest BCUT2D eigenvalue weighted by Crippen LogP contribution is 2.26. The van der Waals surface area contributed by atoms with Crippen molar-refractivity contribution in [3.8, 4) is 11.4 Å². The molecular formula is C19H21N5O2S. The van der Waals surface area contributed by atoms with Crippen molar-refractivity contribution < 1.29 is 9.53 Å². The summed E-state index contributed by atoms with van der Waals surface area (Å²) in [7, 11) is 1.64. The number of piperidine rings is 1. The first-order valence-electron chi connectivity index (χ1n) is 9.00. The summed E-state index contributed by atoms with van der Waals surface area (Å²) in [5.74, 6) is 1.35. The zero-order valence-electron chi connectivity index (χ0n) is 15.2. The van der Waals surface area contributed by atoms with Gasteiger partial charge in [-0.25, -0.2) is 14.6 Å². The molecule has 1 saturated heterocycles. The summed E-state index contributed by atoms with van der Waals surface area (Å²) in [6.45, 7) is 1.74. The lowest BCUT2D eigenvalue weighted by molar-refractivity contribution is -0.129. The number of hydrogen-bond donors (Lipinski definition) is 0. The van der Waals surface area contributed by atoms with Crippen LogP contribution in [0, 0.1) is 0 Å². The lowest BCUT2D eigenvalue weighted by Crippen LogP contribution is -2.36. The third kappa shape index (κ3) is 3.75. The van der Waals surface area contributed by atoms with E-state index in [1.807, 2.05) is 29.2 Å². The zero-order chi connectivity index (χ0) is 18.6. The van der Waals surface area contributed by atoms with Gasteiger partial charge in [0.15, 0.2) is 5.65 Å². The summed E-state index contributed by atoms with van der Waals surface area (Å²) >= 11 is 1.45. The lowest BCUT2D eigenvalue weighted by Gasteiger charge is -2.26. The zero-order valence-corrected chi connectivity index (χ0v) is 16.0. The van der Waals surface area contributed by atoms with Crippen molar-refractivity contribution in [3.05, 3.63) is 36.8 Å². The summed E-state index contributed by atoms with van der Waals surface area (Å²) in [6.07, 6.45) is 6.70. The van der Waals surface area contributed by atoms with Crippen LogP contribution in [0.15, 0.2) is 41.8 Å². The molecule has 1 aromatic carbocycles. The quantitative estimate of drug-likeness (QED) is 0.498. The van der Waals surface area contributed by atoms with E-state index in [0.717, 1.165) is 53.4 Å². The predicted octanol–water partition coefficient (Wildman–Crippen LogP) is 2.93. The number of hydrogen-bond acceptors (Lipinski definition) is 6. The molecule has 0 N–H and O–H groups in total. The van der Waals surface area contributed by atoms with Gasteiger partial charge in [-0.2, -0.15) is 5.10 Å². The molecule has 0 spiro atoms. The van der Waals surface area contributed by atoms with E-state index < -0.39 is 0 Å². The maximum atomic E-state index is 12.4. The summed E-state index contributed by atoms with van der Waals surface area (Å²) < 4.78 is 6.97. The molecule has 27 heavy (non-hydrogen) atoms. The van der Waals surface area contributed by atoms with Gasteiger partial charge in [0.1, 0.15) is 17.1 Å². The number of amides is 1. The fourth-order valence-electron chi connectivity index (χ4n) is 3.21. The minimum absolute atomic E-state index is 0.175. The van der Waals surface area contributed by atoms with Crippen LogP contribution in [-0.4, -0.2) is 56.5 Å². The van der Waals surface area contributed by atoms with Crippen molar-refractivity contribution >= 4 is 28.7 Å². The number of benzene rings is 1. The van der Waals surface area contributed by atoms with Crippen LogP contribution in [0.4, 0.5) is 0 Å². The first-order valence-corrected chi connectivity index (χ1v) is 9.98. The van der Waals surface area contributed by atoms with Gasteiger partial charge >= 0.3 is 0 Å². The van der Waals surface area contributed by atoms with Crippen LogP contribution < -0.4 is 4.74 Å². The number of carbonyl (C=O) groups is 1. The van der Waals surface area contributed by atoms with E-state index in [4.69, 9.17) is 4.74 Å². The Hall–Kier alpha value is -2.61. The average molecular weight is 383 g/mol. The fraction of sp³-hybridized carbons (Fsp3) is 0.368. The molecule has 3 heterocycles. The molecule has 1 fully saturated rings. The van der Waals surface area contributed by atoms with Crippen LogP contribution in [0.5, 0.6) is 5.75 Å². The van der Waals surface area contributed by atoms with Gasteiger partial charge in [0.2, 0.25) is 5.91 Å². The van der Waals surface area contributed by atoms with E-state index in [0.29, 0.717) is 5.75 Å². The monoisotopic (exact) mass is 383 g/mol. The van der Waals surface area contributed by atoms with E-state index in [2.05, 4.69) is 15.1 Å². The molecule has 1 aliphatic heterocycles. The van der Waals surface area contributed by atoms with E-state index >= 15 is 0 Å². The van der Waals surface area contributed by atoms with Crippen molar-refractivity contribution in [2.24, 2.45) is 0 Å². The molecule has 1 amide bonds. The number of aromatic nitrogens is 4. The Morgan fingerprint density at radius 3 is 2.67 bits per heavy atom. The van der Waals surface area contributed by atoms with Gasteiger partial charge in [-0.05, 0) is 43.5 Å². The second-order valence-electron chi connectivity index (χ2n) is 6.40. The second-order valence-corrected chi connectivity index (χ2v) is 7.36. The minimum Gasteiger partial charge on any atom is -0.497 e. The number of rotatable bonds is 5. The summed E-state index contributed by atoms with van der Waals surface area (Å²) in [6, 6.07) is 7.63. The van der Waals surface area contributed by atoms with Crippen LogP contribution in [0.25, 0.3) is 16.7 Å². The van der Waals surface area contributed by atoms with Gasteiger partial charge in [-0.3, -0.25) is 4.79 Å². The first-order chi connectivity index (χ1) is 13.3. The Kier molecular flexibility index (Phi) is 5.24. The maximum Gasteiger partial charge on any atom is 0.232 e. The Morgan fingerprint density at radius 1 is 1.15 bits per heavy atom. The van der Waals surface area contributed by atoms with Gasteiger partial charge in [0, 0.05) is 13.1 Å². The van der Waals surface area contributed by atoms with Crippen LogP contribution >= 0.6 is 11.8 Å². The van der Waals surface area contributed by atoms with E-state index in [9.17, 15) is 4.79 Å². The SMILES string of the molecule is COc1ccc(-n2ncc3c(SCC(=O)N4CCCCC4)ncnc32)cc1. The number of fused-ring (bicyclic) bond motifs is 1. The highest BCUT2D eigenvalue weighted by atomic mass is 32.2. The highest BCUT2D eigenvalue weighted by Gasteiger charge is 2.18. The maximum absolute atomic E-state index is 12.4. The first kappa shape index (κ1) is 17.8. The molecule has 3 aromatic rings. The van der Waals surface area contributed by atoms with Crippen LogP contribution in [0.3, 0.4) is 0 Å². The Balaban J connectivity index is 1.54. The van der Waals surface area contributed by atoms with Crippen molar-refractivity contribution in [1.82, 2.24) is 24.6 Å². The predicted molar refractivity (Wildman–Crippen MR) is 104 cm³/mol. The molecule has 7 nitrogen and oxygen atoms in total. The number of methoxy groups -OCH3 is 1. The third-order valence-corrected chi connectivity index (χ3v) is 5.68. The second kappa shape index (κ2) is 7.96. The Morgan fingerprint density at radius 2 is 1.93 bits per heavy atom. The van der Waals surface area contributed by atoms with Gasteiger partial charge in [0.25, 0.3) is 0 Å². The van der Waals surface area contributed by atoms with Crippen molar-refractivity contribution in [2.75, 3.05) is 26.0 Å². The smallest absolute Gasteiger partial charge is 0.232 e. The average Bonchev–Trinajstić information content (AvgIpc) is 3.17. The van der Waals surface area contributed by atoms with Gasteiger partial charge in [-0.1, -0.05) is 11.8 Å². The molecule has 0 saturated carbocycles. The number of nitrogens with zero attached hydrogens (tertiary/aromatic N) is 5. The number of likely N-dealkylation sites (tertiary alicyclic amines) is 1. The topological polar surface area (TPSA) is 73.1 Å². The summed E-state index contributed by atoms with van der Waals surface area (Å²) in [5, 5.41) is 6.10. The third-order valence-electron chi connectivity index (χ3n) is 4.69.